The van der Waals surface area contributed by atoms with Gasteiger partial charge in [0.25, 0.3) is 0 Å². The van der Waals surface area contributed by atoms with Crippen molar-refractivity contribution in [1.29, 1.82) is 0 Å². The molecule has 114 valence electrons. The molecule has 1 atom stereocenters. The minimum atomic E-state index is 0.948. The predicted octanol–water partition coefficient (Wildman–Crippen LogP) is 6.11. The van der Waals surface area contributed by atoms with Crippen molar-refractivity contribution in [2.45, 2.75) is 96.8 Å². The Morgan fingerprint density at radius 2 is 1.47 bits per heavy atom. The van der Waals surface area contributed by atoms with Crippen LogP contribution in [0.4, 0.5) is 0 Å². The molecule has 19 heavy (non-hydrogen) atoms. The lowest BCUT2D eigenvalue weighted by Crippen LogP contribution is -2.06. The third-order valence-corrected chi connectivity index (χ3v) is 4.54. The van der Waals surface area contributed by atoms with Gasteiger partial charge in [0.2, 0.25) is 0 Å². The summed E-state index contributed by atoms with van der Waals surface area (Å²) in [4.78, 5) is 0. The summed E-state index contributed by atoms with van der Waals surface area (Å²) in [5, 5.41) is 0. The Morgan fingerprint density at radius 1 is 0.737 bits per heavy atom. The molecule has 0 saturated carbocycles. The van der Waals surface area contributed by atoms with Crippen LogP contribution in [0.15, 0.2) is 0 Å². The minimum Gasteiger partial charge on any atom is -0.381 e. The summed E-state index contributed by atoms with van der Waals surface area (Å²) in [6.07, 6.45) is 19.8. The van der Waals surface area contributed by atoms with Crippen LogP contribution in [0.1, 0.15) is 96.8 Å². The van der Waals surface area contributed by atoms with Gasteiger partial charge in [-0.15, -0.1) is 0 Å². The maximum Gasteiger partial charge on any atom is 0.0468 e. The van der Waals surface area contributed by atoms with Crippen molar-refractivity contribution in [1.82, 2.24) is 0 Å². The van der Waals surface area contributed by atoms with Gasteiger partial charge >= 0.3 is 0 Å². The second-order valence-corrected chi connectivity index (χ2v) is 6.38. The molecule has 0 aromatic rings. The third-order valence-electron chi connectivity index (χ3n) is 4.54. The van der Waals surface area contributed by atoms with Crippen LogP contribution in [0.5, 0.6) is 0 Å². The maximum absolute atomic E-state index is 5.76. The van der Waals surface area contributed by atoms with Crippen LogP contribution in [-0.4, -0.2) is 13.2 Å². The molecule has 0 radical (unpaired) electrons. The lowest BCUT2D eigenvalue weighted by atomic mass is 9.92. The molecule has 1 aliphatic heterocycles. The monoisotopic (exact) mass is 268 g/mol. The SMILES string of the molecule is CCCCCCCCC1CCCCCCCOCC1. The zero-order chi connectivity index (χ0) is 13.6. The smallest absolute Gasteiger partial charge is 0.0468 e. The van der Waals surface area contributed by atoms with Crippen molar-refractivity contribution in [2.75, 3.05) is 13.2 Å². The highest BCUT2D eigenvalue weighted by Gasteiger charge is 2.09. The Balaban J connectivity index is 2.06. The first-order valence-electron chi connectivity index (χ1n) is 9.01. The van der Waals surface area contributed by atoms with Gasteiger partial charge in [0.15, 0.2) is 0 Å². The number of unbranched alkanes of at least 4 members (excludes halogenated alkanes) is 5. The molecule has 1 aliphatic rings. The standard InChI is InChI=1S/C18H36O/c1-2-3-4-5-7-10-13-18-14-11-8-6-9-12-16-19-17-15-18/h18H,2-17H2,1H3. The summed E-state index contributed by atoms with van der Waals surface area (Å²) in [6.45, 7) is 4.31. The molecule has 0 aromatic carbocycles. The molecule has 0 aromatic heterocycles. The average molecular weight is 268 g/mol. The molecule has 1 unspecified atom stereocenters. The lowest BCUT2D eigenvalue weighted by molar-refractivity contribution is 0.115. The topological polar surface area (TPSA) is 9.23 Å². The largest absolute Gasteiger partial charge is 0.381 e. The molecule has 0 amide bonds. The van der Waals surface area contributed by atoms with Crippen LogP contribution in [0.25, 0.3) is 0 Å². The minimum absolute atomic E-state index is 0.948. The normalized spacial score (nSPS) is 22.9. The van der Waals surface area contributed by atoms with Gasteiger partial charge in [-0.1, -0.05) is 84.0 Å². The Hall–Kier alpha value is -0.0400. The molecule has 0 N–H and O–H groups in total. The average Bonchev–Trinajstić information content (AvgIpc) is 2.48. The zero-order valence-electron chi connectivity index (χ0n) is 13.3. The Bertz CT molecular complexity index is 167. The quantitative estimate of drug-likeness (QED) is 0.506. The molecular formula is C18H36O. The van der Waals surface area contributed by atoms with Crippen molar-refractivity contribution in [3.63, 3.8) is 0 Å². The number of hydrogen-bond acceptors (Lipinski definition) is 1. The van der Waals surface area contributed by atoms with Crippen LogP contribution >= 0.6 is 0 Å². The van der Waals surface area contributed by atoms with E-state index in [1.807, 2.05) is 0 Å². The van der Waals surface area contributed by atoms with Crippen molar-refractivity contribution < 1.29 is 4.74 Å². The molecule has 0 bridgehead atoms. The van der Waals surface area contributed by atoms with E-state index >= 15 is 0 Å². The van der Waals surface area contributed by atoms with E-state index in [0.717, 1.165) is 19.1 Å². The molecule has 1 heteroatoms. The van der Waals surface area contributed by atoms with Crippen LogP contribution in [-0.2, 0) is 4.74 Å². The van der Waals surface area contributed by atoms with E-state index in [9.17, 15) is 0 Å². The fourth-order valence-electron chi connectivity index (χ4n) is 3.17. The van der Waals surface area contributed by atoms with Gasteiger partial charge in [-0.05, 0) is 18.8 Å². The maximum atomic E-state index is 5.76. The highest BCUT2D eigenvalue weighted by atomic mass is 16.5. The van der Waals surface area contributed by atoms with Gasteiger partial charge in [-0.25, -0.2) is 0 Å². The first kappa shape index (κ1) is 17.0. The van der Waals surface area contributed by atoms with Crippen molar-refractivity contribution >= 4 is 0 Å². The first-order valence-corrected chi connectivity index (χ1v) is 9.01. The van der Waals surface area contributed by atoms with E-state index in [0.29, 0.717) is 0 Å². The zero-order valence-corrected chi connectivity index (χ0v) is 13.3. The van der Waals surface area contributed by atoms with Gasteiger partial charge in [-0.2, -0.15) is 0 Å². The molecule has 0 spiro atoms. The number of ether oxygens (including phenoxy) is 1. The first-order chi connectivity index (χ1) is 9.43. The van der Waals surface area contributed by atoms with Gasteiger partial charge in [0.05, 0.1) is 0 Å². The van der Waals surface area contributed by atoms with E-state index in [1.165, 1.54) is 89.9 Å². The van der Waals surface area contributed by atoms with Gasteiger partial charge in [-0.3, -0.25) is 0 Å². The molecule has 1 fully saturated rings. The highest BCUT2D eigenvalue weighted by Crippen LogP contribution is 2.22. The molecule has 1 rings (SSSR count). The summed E-state index contributed by atoms with van der Waals surface area (Å²) < 4.78 is 5.76. The molecule has 1 saturated heterocycles. The highest BCUT2D eigenvalue weighted by molar-refractivity contribution is 4.62. The second-order valence-electron chi connectivity index (χ2n) is 6.38. The van der Waals surface area contributed by atoms with Crippen LogP contribution in [0, 0.1) is 5.92 Å². The molecule has 1 nitrogen and oxygen atoms in total. The lowest BCUT2D eigenvalue weighted by Gasteiger charge is -2.16. The van der Waals surface area contributed by atoms with Gasteiger partial charge in [0, 0.05) is 13.2 Å². The Kier molecular flexibility index (Phi) is 11.6. The van der Waals surface area contributed by atoms with Crippen molar-refractivity contribution in [3.05, 3.63) is 0 Å². The predicted molar refractivity (Wildman–Crippen MR) is 84.6 cm³/mol. The fourth-order valence-corrected chi connectivity index (χ4v) is 3.17. The van der Waals surface area contributed by atoms with E-state index in [2.05, 4.69) is 6.92 Å². The summed E-state index contributed by atoms with van der Waals surface area (Å²) in [5.74, 6) is 0.948. The summed E-state index contributed by atoms with van der Waals surface area (Å²) >= 11 is 0. The summed E-state index contributed by atoms with van der Waals surface area (Å²) in [7, 11) is 0. The van der Waals surface area contributed by atoms with Crippen molar-refractivity contribution in [3.8, 4) is 0 Å². The fraction of sp³-hybridized carbons (Fsp3) is 1.00. The van der Waals surface area contributed by atoms with E-state index in [4.69, 9.17) is 4.74 Å². The van der Waals surface area contributed by atoms with Crippen LogP contribution in [0.3, 0.4) is 0 Å². The van der Waals surface area contributed by atoms with Crippen LogP contribution < -0.4 is 0 Å². The van der Waals surface area contributed by atoms with Gasteiger partial charge in [0.1, 0.15) is 0 Å². The molecule has 1 heterocycles. The summed E-state index contributed by atoms with van der Waals surface area (Å²) in [5.41, 5.74) is 0. The number of rotatable bonds is 7. The molecular weight excluding hydrogens is 232 g/mol. The van der Waals surface area contributed by atoms with E-state index in [1.54, 1.807) is 0 Å². The van der Waals surface area contributed by atoms with Gasteiger partial charge < -0.3 is 4.74 Å². The number of hydrogen-bond donors (Lipinski definition) is 0. The Labute approximate surface area is 121 Å². The van der Waals surface area contributed by atoms with Crippen molar-refractivity contribution in [2.24, 2.45) is 5.92 Å². The van der Waals surface area contributed by atoms with Crippen LogP contribution in [0.2, 0.25) is 0 Å². The van der Waals surface area contributed by atoms with E-state index < -0.39 is 0 Å². The Morgan fingerprint density at radius 3 is 2.37 bits per heavy atom. The summed E-state index contributed by atoms with van der Waals surface area (Å²) in [6, 6.07) is 0. The third kappa shape index (κ3) is 10.4. The molecule has 0 aliphatic carbocycles. The van der Waals surface area contributed by atoms with E-state index in [-0.39, 0.29) is 0 Å². The second kappa shape index (κ2) is 13.0.